The summed E-state index contributed by atoms with van der Waals surface area (Å²) in [6.07, 6.45) is 0. The van der Waals surface area contributed by atoms with Crippen LogP contribution in [-0.2, 0) is 0 Å². The number of hydrogen-bond donors (Lipinski definition) is 1. The highest BCUT2D eigenvalue weighted by molar-refractivity contribution is 8.00. The molecule has 0 aromatic rings. The summed E-state index contributed by atoms with van der Waals surface area (Å²) in [7, 11) is 0. The van der Waals surface area contributed by atoms with E-state index < -0.39 is 0 Å². The van der Waals surface area contributed by atoms with Crippen LogP contribution in [-0.4, -0.2) is 15.8 Å². The van der Waals surface area contributed by atoms with E-state index in [0.717, 1.165) is 0 Å². The number of rotatable bonds is 3. The molecule has 1 atom stereocenters. The third kappa shape index (κ3) is 4.79. The number of aliphatic hydroxyl groups is 1. The second kappa shape index (κ2) is 4.18. The predicted octanol–water partition coefficient (Wildman–Crippen LogP) is 2.10. The lowest BCUT2D eigenvalue weighted by molar-refractivity contribution is 0.211. The van der Waals surface area contributed by atoms with Gasteiger partial charge in [-0.05, 0) is 5.92 Å². The van der Waals surface area contributed by atoms with Gasteiger partial charge in [-0.25, -0.2) is 0 Å². The van der Waals surface area contributed by atoms with Crippen LogP contribution in [0.4, 0.5) is 0 Å². The van der Waals surface area contributed by atoms with Gasteiger partial charge in [0.25, 0.3) is 0 Å². The van der Waals surface area contributed by atoms with Gasteiger partial charge in [0.1, 0.15) is 5.44 Å². The molecular formula is C7H16OS. The molecule has 0 aliphatic heterocycles. The lowest BCUT2D eigenvalue weighted by atomic mass is 10.2. The first-order valence-electron chi connectivity index (χ1n) is 3.37. The molecule has 1 N–H and O–H groups in total. The topological polar surface area (TPSA) is 20.2 Å². The van der Waals surface area contributed by atoms with Crippen LogP contribution in [0.3, 0.4) is 0 Å². The van der Waals surface area contributed by atoms with Crippen molar-refractivity contribution in [3.63, 3.8) is 0 Å². The first kappa shape index (κ1) is 9.31. The van der Waals surface area contributed by atoms with E-state index in [-0.39, 0.29) is 5.44 Å². The van der Waals surface area contributed by atoms with Gasteiger partial charge in [-0.1, -0.05) is 27.7 Å². The van der Waals surface area contributed by atoms with Crippen molar-refractivity contribution < 1.29 is 5.11 Å². The molecule has 1 unspecified atom stereocenters. The van der Waals surface area contributed by atoms with Gasteiger partial charge in [-0.2, -0.15) is 0 Å². The van der Waals surface area contributed by atoms with Crippen molar-refractivity contribution in [2.45, 2.75) is 38.4 Å². The summed E-state index contributed by atoms with van der Waals surface area (Å²) in [5, 5.41) is 9.79. The normalized spacial score (nSPS) is 15.0. The molecule has 0 saturated heterocycles. The zero-order valence-electron chi connectivity index (χ0n) is 6.59. The summed E-state index contributed by atoms with van der Waals surface area (Å²) in [5.74, 6) is 0.373. The summed E-state index contributed by atoms with van der Waals surface area (Å²) >= 11 is 1.62. The Kier molecular flexibility index (Phi) is 4.32. The predicted molar refractivity (Wildman–Crippen MR) is 43.6 cm³/mol. The Morgan fingerprint density at radius 3 is 1.67 bits per heavy atom. The minimum absolute atomic E-state index is 0.190. The number of aliphatic hydroxyl groups excluding tert-OH is 1. The average molecular weight is 148 g/mol. The summed E-state index contributed by atoms with van der Waals surface area (Å²) in [4.78, 5) is 0. The Bertz CT molecular complexity index is 71.3. The zero-order valence-corrected chi connectivity index (χ0v) is 7.40. The number of hydrogen-bond acceptors (Lipinski definition) is 2. The third-order valence-electron chi connectivity index (χ3n) is 0.982. The van der Waals surface area contributed by atoms with Crippen LogP contribution in [0.2, 0.25) is 0 Å². The van der Waals surface area contributed by atoms with Crippen molar-refractivity contribution in [1.29, 1.82) is 0 Å². The van der Waals surface area contributed by atoms with Gasteiger partial charge in [0.2, 0.25) is 0 Å². The first-order valence-corrected chi connectivity index (χ1v) is 4.32. The van der Waals surface area contributed by atoms with Crippen molar-refractivity contribution in [2.24, 2.45) is 5.92 Å². The van der Waals surface area contributed by atoms with Crippen LogP contribution in [0.1, 0.15) is 27.7 Å². The number of thioether (sulfide) groups is 1. The standard InChI is InChI=1S/C7H16OS/c1-5(2)7(8)9-6(3)4/h5-8H,1-4H3. The monoisotopic (exact) mass is 148 g/mol. The minimum atomic E-state index is -0.190. The van der Waals surface area contributed by atoms with Gasteiger partial charge in [-0.15, -0.1) is 11.8 Å². The van der Waals surface area contributed by atoms with Crippen LogP contribution in [0.25, 0.3) is 0 Å². The Labute approximate surface area is 61.8 Å². The van der Waals surface area contributed by atoms with Crippen LogP contribution in [0, 0.1) is 5.92 Å². The van der Waals surface area contributed by atoms with E-state index in [1.54, 1.807) is 11.8 Å². The maximum absolute atomic E-state index is 9.26. The molecule has 2 heteroatoms. The van der Waals surface area contributed by atoms with Gasteiger partial charge in [0.05, 0.1) is 0 Å². The molecule has 0 fully saturated rings. The van der Waals surface area contributed by atoms with E-state index in [2.05, 4.69) is 13.8 Å². The Morgan fingerprint density at radius 1 is 1.11 bits per heavy atom. The van der Waals surface area contributed by atoms with Gasteiger partial charge < -0.3 is 5.11 Å². The SMILES string of the molecule is CC(C)SC(O)C(C)C. The molecule has 0 saturated carbocycles. The largest absolute Gasteiger partial charge is 0.382 e. The fraction of sp³-hybridized carbons (Fsp3) is 1.00. The van der Waals surface area contributed by atoms with E-state index in [1.807, 2.05) is 13.8 Å². The molecule has 0 aromatic carbocycles. The molecule has 0 aromatic heterocycles. The van der Waals surface area contributed by atoms with Crippen molar-refractivity contribution in [2.75, 3.05) is 0 Å². The van der Waals surface area contributed by atoms with Gasteiger partial charge in [0.15, 0.2) is 0 Å². The van der Waals surface area contributed by atoms with Crippen molar-refractivity contribution in [3.05, 3.63) is 0 Å². The molecule has 0 spiro atoms. The van der Waals surface area contributed by atoms with E-state index in [0.29, 0.717) is 11.2 Å². The van der Waals surface area contributed by atoms with Crippen molar-refractivity contribution >= 4 is 11.8 Å². The smallest absolute Gasteiger partial charge is 0.102 e. The van der Waals surface area contributed by atoms with E-state index in [4.69, 9.17) is 0 Å². The average Bonchev–Trinajstić information content (AvgIpc) is 1.63. The Hall–Kier alpha value is 0.310. The quantitative estimate of drug-likeness (QED) is 0.618. The minimum Gasteiger partial charge on any atom is -0.382 e. The molecule has 56 valence electrons. The highest BCUT2D eigenvalue weighted by Gasteiger charge is 2.10. The van der Waals surface area contributed by atoms with Crippen LogP contribution in [0.15, 0.2) is 0 Å². The van der Waals surface area contributed by atoms with Crippen LogP contribution >= 0.6 is 11.8 Å². The third-order valence-corrected chi connectivity index (χ3v) is 2.35. The first-order chi connectivity index (χ1) is 4.04. The molecular weight excluding hydrogens is 132 g/mol. The molecule has 0 rings (SSSR count). The lowest BCUT2D eigenvalue weighted by Gasteiger charge is -2.15. The Balaban J connectivity index is 3.38. The summed E-state index contributed by atoms with van der Waals surface area (Å²) < 4.78 is 0. The van der Waals surface area contributed by atoms with Crippen molar-refractivity contribution in [1.82, 2.24) is 0 Å². The molecule has 0 radical (unpaired) electrons. The second-order valence-corrected chi connectivity index (χ2v) is 4.52. The van der Waals surface area contributed by atoms with E-state index in [9.17, 15) is 5.11 Å². The highest BCUT2D eigenvalue weighted by atomic mass is 32.2. The second-order valence-electron chi connectivity index (χ2n) is 2.82. The van der Waals surface area contributed by atoms with Gasteiger partial charge in [-0.3, -0.25) is 0 Å². The molecule has 0 heterocycles. The lowest BCUT2D eigenvalue weighted by Crippen LogP contribution is -2.12. The summed E-state index contributed by atoms with van der Waals surface area (Å²) in [5.41, 5.74) is -0.190. The van der Waals surface area contributed by atoms with E-state index >= 15 is 0 Å². The fourth-order valence-corrected chi connectivity index (χ4v) is 1.31. The van der Waals surface area contributed by atoms with Gasteiger partial charge in [0, 0.05) is 5.25 Å². The molecule has 0 amide bonds. The Morgan fingerprint density at radius 2 is 1.56 bits per heavy atom. The molecule has 9 heavy (non-hydrogen) atoms. The molecule has 0 aliphatic rings. The van der Waals surface area contributed by atoms with Crippen molar-refractivity contribution in [3.8, 4) is 0 Å². The van der Waals surface area contributed by atoms with Gasteiger partial charge >= 0.3 is 0 Å². The molecule has 0 bridgehead atoms. The van der Waals surface area contributed by atoms with Crippen LogP contribution < -0.4 is 0 Å². The summed E-state index contributed by atoms with van der Waals surface area (Å²) in [6, 6.07) is 0. The van der Waals surface area contributed by atoms with Crippen LogP contribution in [0.5, 0.6) is 0 Å². The zero-order chi connectivity index (χ0) is 7.44. The molecule has 1 nitrogen and oxygen atoms in total. The van der Waals surface area contributed by atoms with E-state index in [1.165, 1.54) is 0 Å². The summed E-state index contributed by atoms with van der Waals surface area (Å²) in [6.45, 7) is 8.24. The maximum atomic E-state index is 9.26. The highest BCUT2D eigenvalue weighted by Crippen LogP contribution is 2.20. The fourth-order valence-electron chi connectivity index (χ4n) is 0.436. The molecule has 0 aliphatic carbocycles. The maximum Gasteiger partial charge on any atom is 0.102 e.